The van der Waals surface area contributed by atoms with Gasteiger partial charge in [-0.2, -0.15) is 0 Å². The summed E-state index contributed by atoms with van der Waals surface area (Å²) in [6, 6.07) is 0. The normalized spacial score (nSPS) is 16.9. The Morgan fingerprint density at radius 2 is 1.62 bits per heavy atom. The van der Waals surface area contributed by atoms with Gasteiger partial charge in [-0.05, 0) is 32.4 Å². The van der Waals surface area contributed by atoms with Gasteiger partial charge in [-0.1, -0.05) is 27.7 Å². The van der Waals surface area contributed by atoms with Crippen LogP contribution in [0, 0.1) is 11.3 Å². The maximum atomic E-state index is 10.1. The molecule has 0 fully saturated rings. The number of hydrogen-bond donors (Lipinski definition) is 2. The maximum absolute atomic E-state index is 10.1. The van der Waals surface area contributed by atoms with Crippen molar-refractivity contribution in [2.45, 2.75) is 40.2 Å². The summed E-state index contributed by atoms with van der Waals surface area (Å²) >= 11 is 0. The summed E-state index contributed by atoms with van der Waals surface area (Å²) in [7, 11) is 4.18. The fourth-order valence-corrected chi connectivity index (χ4v) is 1.77. The van der Waals surface area contributed by atoms with Crippen molar-refractivity contribution in [1.29, 1.82) is 0 Å². The molecule has 3 heteroatoms. The lowest BCUT2D eigenvalue weighted by Crippen LogP contribution is -2.46. The quantitative estimate of drug-likeness (QED) is 0.697. The zero-order valence-corrected chi connectivity index (χ0v) is 12.1. The van der Waals surface area contributed by atoms with E-state index in [1.165, 1.54) is 0 Å². The average Bonchev–Trinajstić information content (AvgIpc) is 1.99. The van der Waals surface area contributed by atoms with Gasteiger partial charge < -0.3 is 15.3 Å². The molecule has 0 aliphatic carbocycles. The van der Waals surface area contributed by atoms with Crippen molar-refractivity contribution in [3.63, 3.8) is 0 Å². The number of aliphatic hydroxyl groups is 1. The SMILES string of the molecule is CC(C)C(C)(O)CNCC(C)(C)CN(C)C. The van der Waals surface area contributed by atoms with Crippen LogP contribution < -0.4 is 5.32 Å². The molecular formula is C13H30N2O. The van der Waals surface area contributed by atoms with E-state index in [1.807, 2.05) is 20.8 Å². The molecule has 0 aromatic carbocycles. The third-order valence-corrected chi connectivity index (χ3v) is 3.07. The lowest BCUT2D eigenvalue weighted by atomic mass is 9.90. The van der Waals surface area contributed by atoms with Crippen molar-refractivity contribution in [2.24, 2.45) is 11.3 Å². The van der Waals surface area contributed by atoms with Crippen LogP contribution in [-0.2, 0) is 0 Å². The van der Waals surface area contributed by atoms with Gasteiger partial charge in [0.1, 0.15) is 0 Å². The van der Waals surface area contributed by atoms with Crippen molar-refractivity contribution in [3.05, 3.63) is 0 Å². The Bertz CT molecular complexity index is 198. The van der Waals surface area contributed by atoms with E-state index in [0.717, 1.165) is 13.1 Å². The molecule has 2 N–H and O–H groups in total. The van der Waals surface area contributed by atoms with Crippen molar-refractivity contribution >= 4 is 0 Å². The Hall–Kier alpha value is -0.120. The summed E-state index contributed by atoms with van der Waals surface area (Å²) in [5.41, 5.74) is -0.384. The van der Waals surface area contributed by atoms with Crippen LogP contribution >= 0.6 is 0 Å². The standard InChI is InChI=1S/C13H30N2O/c1-11(2)13(5,16)9-14-8-12(3,4)10-15(6)7/h11,14,16H,8-10H2,1-7H3. The van der Waals surface area contributed by atoms with Gasteiger partial charge in [-0.3, -0.25) is 0 Å². The zero-order chi connectivity index (χ0) is 13.0. The molecule has 0 aromatic rings. The molecule has 3 nitrogen and oxygen atoms in total. The summed E-state index contributed by atoms with van der Waals surface area (Å²) in [5, 5.41) is 13.5. The molecule has 0 radical (unpaired) electrons. The predicted molar refractivity (Wildman–Crippen MR) is 70.7 cm³/mol. The number of rotatable bonds is 7. The Kier molecular flexibility index (Phi) is 5.94. The van der Waals surface area contributed by atoms with Crippen molar-refractivity contribution < 1.29 is 5.11 Å². The number of nitrogens with zero attached hydrogens (tertiary/aromatic N) is 1. The summed E-state index contributed by atoms with van der Waals surface area (Å²) in [6.45, 7) is 13.1. The lowest BCUT2D eigenvalue weighted by molar-refractivity contribution is 0.0120. The zero-order valence-electron chi connectivity index (χ0n) is 12.1. The average molecular weight is 230 g/mol. The van der Waals surface area contributed by atoms with E-state index in [0.29, 0.717) is 6.54 Å². The molecule has 0 aliphatic heterocycles. The summed E-state index contributed by atoms with van der Waals surface area (Å²) in [5.74, 6) is 0.275. The highest BCUT2D eigenvalue weighted by atomic mass is 16.3. The molecule has 0 spiro atoms. The molecule has 1 unspecified atom stereocenters. The first-order valence-electron chi connectivity index (χ1n) is 6.15. The van der Waals surface area contributed by atoms with Gasteiger partial charge in [0, 0.05) is 19.6 Å². The summed E-state index contributed by atoms with van der Waals surface area (Å²) < 4.78 is 0. The van der Waals surface area contributed by atoms with E-state index in [4.69, 9.17) is 0 Å². The van der Waals surface area contributed by atoms with E-state index in [9.17, 15) is 5.11 Å². The van der Waals surface area contributed by atoms with E-state index < -0.39 is 5.60 Å². The molecule has 0 aliphatic rings. The molecule has 0 aromatic heterocycles. The van der Waals surface area contributed by atoms with Crippen molar-refractivity contribution in [2.75, 3.05) is 33.7 Å². The van der Waals surface area contributed by atoms with E-state index in [-0.39, 0.29) is 11.3 Å². The van der Waals surface area contributed by atoms with Crippen LogP contribution in [0.4, 0.5) is 0 Å². The fourth-order valence-electron chi connectivity index (χ4n) is 1.77. The maximum Gasteiger partial charge on any atom is 0.0766 e. The van der Waals surface area contributed by atoms with Gasteiger partial charge in [-0.25, -0.2) is 0 Å². The summed E-state index contributed by atoms with van der Waals surface area (Å²) in [6.07, 6.45) is 0. The minimum Gasteiger partial charge on any atom is -0.389 e. The van der Waals surface area contributed by atoms with Crippen LogP contribution in [0.2, 0.25) is 0 Å². The van der Waals surface area contributed by atoms with Crippen LogP contribution in [0.1, 0.15) is 34.6 Å². The number of nitrogens with one attached hydrogen (secondary N) is 1. The molecule has 0 rings (SSSR count). The second-order valence-corrected chi connectivity index (χ2v) is 6.52. The van der Waals surface area contributed by atoms with Crippen molar-refractivity contribution in [3.8, 4) is 0 Å². The minimum atomic E-state index is -0.617. The van der Waals surface area contributed by atoms with Crippen LogP contribution in [0.25, 0.3) is 0 Å². The molecule has 0 heterocycles. The molecule has 0 amide bonds. The van der Waals surface area contributed by atoms with Crippen LogP contribution in [0.3, 0.4) is 0 Å². The molecule has 98 valence electrons. The molecule has 0 saturated heterocycles. The Labute approximate surface area is 101 Å². The first-order valence-corrected chi connectivity index (χ1v) is 6.15. The predicted octanol–water partition coefficient (Wildman–Crippen LogP) is 1.57. The monoisotopic (exact) mass is 230 g/mol. The second kappa shape index (κ2) is 5.99. The molecule has 1 atom stereocenters. The van der Waals surface area contributed by atoms with E-state index in [2.05, 4.69) is 38.2 Å². The van der Waals surface area contributed by atoms with Gasteiger partial charge in [0.05, 0.1) is 5.60 Å². The largest absolute Gasteiger partial charge is 0.389 e. The second-order valence-electron chi connectivity index (χ2n) is 6.52. The molecule has 0 bridgehead atoms. The highest BCUT2D eigenvalue weighted by molar-refractivity contribution is 4.81. The highest BCUT2D eigenvalue weighted by Gasteiger charge is 2.26. The fraction of sp³-hybridized carbons (Fsp3) is 1.00. The Morgan fingerprint density at radius 3 is 2.00 bits per heavy atom. The highest BCUT2D eigenvalue weighted by Crippen LogP contribution is 2.17. The van der Waals surface area contributed by atoms with E-state index >= 15 is 0 Å². The molecular weight excluding hydrogens is 200 g/mol. The van der Waals surface area contributed by atoms with Crippen LogP contribution in [-0.4, -0.2) is 49.3 Å². The first kappa shape index (κ1) is 15.9. The summed E-state index contributed by atoms with van der Waals surface area (Å²) in [4.78, 5) is 2.20. The van der Waals surface area contributed by atoms with Gasteiger partial charge in [0.25, 0.3) is 0 Å². The minimum absolute atomic E-state index is 0.233. The molecule has 16 heavy (non-hydrogen) atoms. The first-order chi connectivity index (χ1) is 7.07. The smallest absolute Gasteiger partial charge is 0.0766 e. The Morgan fingerprint density at radius 1 is 1.12 bits per heavy atom. The van der Waals surface area contributed by atoms with Gasteiger partial charge >= 0.3 is 0 Å². The third-order valence-electron chi connectivity index (χ3n) is 3.07. The third kappa shape index (κ3) is 6.46. The Balaban J connectivity index is 3.98. The molecule has 0 saturated carbocycles. The number of hydrogen-bond acceptors (Lipinski definition) is 3. The van der Waals surface area contributed by atoms with Gasteiger partial charge in [0.2, 0.25) is 0 Å². The van der Waals surface area contributed by atoms with E-state index in [1.54, 1.807) is 0 Å². The topological polar surface area (TPSA) is 35.5 Å². The van der Waals surface area contributed by atoms with Gasteiger partial charge in [-0.15, -0.1) is 0 Å². The lowest BCUT2D eigenvalue weighted by Gasteiger charge is -2.32. The van der Waals surface area contributed by atoms with Crippen LogP contribution in [0.15, 0.2) is 0 Å². The van der Waals surface area contributed by atoms with Crippen LogP contribution in [0.5, 0.6) is 0 Å². The van der Waals surface area contributed by atoms with Crippen molar-refractivity contribution in [1.82, 2.24) is 10.2 Å². The van der Waals surface area contributed by atoms with Gasteiger partial charge in [0.15, 0.2) is 0 Å².